The van der Waals surface area contributed by atoms with Crippen LogP contribution in [-0.4, -0.2) is 42.2 Å². The van der Waals surface area contributed by atoms with Gasteiger partial charge in [0.25, 0.3) is 10.2 Å². The summed E-state index contributed by atoms with van der Waals surface area (Å²) in [6.45, 7) is 8.94. The Kier molecular flexibility index (Phi) is 5.16. The lowest BCUT2D eigenvalue weighted by Crippen LogP contribution is -2.49. The van der Waals surface area contributed by atoms with Crippen molar-refractivity contribution in [2.24, 2.45) is 0 Å². The minimum atomic E-state index is -3.32. The van der Waals surface area contributed by atoms with Crippen LogP contribution in [0.25, 0.3) is 0 Å². The molecule has 0 bridgehead atoms. The average Bonchev–Trinajstić information content (AvgIpc) is 2.45. The van der Waals surface area contributed by atoms with Gasteiger partial charge in [-0.2, -0.15) is 17.0 Å². The maximum Gasteiger partial charge on any atom is 0.283 e. The van der Waals surface area contributed by atoms with Gasteiger partial charge < -0.3 is 0 Å². The van der Waals surface area contributed by atoms with E-state index in [1.807, 2.05) is 39.8 Å². The summed E-state index contributed by atoms with van der Waals surface area (Å²) in [5.41, 5.74) is 0. The molecule has 0 radical (unpaired) electrons. The molecule has 1 heterocycles. The number of hydrogen-bond acceptors (Lipinski definition) is 2. The molecule has 0 fully saturated rings. The highest BCUT2D eigenvalue weighted by Gasteiger charge is 2.34. The first-order chi connectivity index (χ1) is 7.95. The summed E-state index contributed by atoms with van der Waals surface area (Å²) in [6, 6.07) is 0.101. The normalized spacial score (nSPS) is 25.4. The van der Waals surface area contributed by atoms with E-state index in [0.717, 1.165) is 12.8 Å². The van der Waals surface area contributed by atoms with Crippen molar-refractivity contribution in [3.63, 3.8) is 0 Å². The minimum absolute atomic E-state index is 0.0503. The highest BCUT2D eigenvalue weighted by Crippen LogP contribution is 2.20. The lowest BCUT2D eigenvalue weighted by Gasteiger charge is -2.33. The second-order valence-electron chi connectivity index (χ2n) is 4.63. The summed E-state index contributed by atoms with van der Waals surface area (Å²) in [6.07, 6.45) is 5.57. The molecule has 0 aromatic carbocycles. The van der Waals surface area contributed by atoms with Crippen LogP contribution in [-0.2, 0) is 10.2 Å². The number of hydrogen-bond donors (Lipinski definition) is 0. The summed E-state index contributed by atoms with van der Waals surface area (Å²) in [7, 11) is -3.32. The Morgan fingerprint density at radius 2 is 1.35 bits per heavy atom. The molecule has 0 aliphatic carbocycles. The number of rotatable bonds is 4. The van der Waals surface area contributed by atoms with Gasteiger partial charge in [0.15, 0.2) is 0 Å². The fourth-order valence-electron chi connectivity index (χ4n) is 1.90. The third-order valence-electron chi connectivity index (χ3n) is 3.49. The quantitative estimate of drug-likeness (QED) is 0.725. The van der Waals surface area contributed by atoms with E-state index in [2.05, 4.69) is 0 Å². The Labute approximate surface area is 105 Å². The SMILES string of the molecule is CCC(C)N1CC=CCN(C(C)CC)S1(=O)=O. The summed E-state index contributed by atoms with van der Waals surface area (Å²) in [5.74, 6) is 0. The molecule has 100 valence electrons. The van der Waals surface area contributed by atoms with E-state index in [-0.39, 0.29) is 12.1 Å². The second-order valence-corrected chi connectivity index (χ2v) is 6.47. The van der Waals surface area contributed by atoms with Crippen LogP contribution < -0.4 is 0 Å². The van der Waals surface area contributed by atoms with Crippen molar-refractivity contribution in [1.82, 2.24) is 8.61 Å². The van der Waals surface area contributed by atoms with Crippen LogP contribution in [0.4, 0.5) is 0 Å². The second kappa shape index (κ2) is 5.98. The van der Waals surface area contributed by atoms with Crippen molar-refractivity contribution in [3.8, 4) is 0 Å². The van der Waals surface area contributed by atoms with Crippen LogP contribution in [0.5, 0.6) is 0 Å². The van der Waals surface area contributed by atoms with Crippen LogP contribution in [0.2, 0.25) is 0 Å². The highest BCUT2D eigenvalue weighted by atomic mass is 32.2. The Hall–Kier alpha value is -0.390. The molecule has 0 aromatic rings. The molecule has 17 heavy (non-hydrogen) atoms. The van der Waals surface area contributed by atoms with E-state index < -0.39 is 10.2 Å². The number of nitrogens with zero attached hydrogens (tertiary/aromatic N) is 2. The third-order valence-corrected chi connectivity index (χ3v) is 5.70. The predicted molar refractivity (Wildman–Crippen MR) is 71.0 cm³/mol. The lowest BCUT2D eigenvalue weighted by molar-refractivity contribution is 0.289. The van der Waals surface area contributed by atoms with Gasteiger partial charge in [-0.05, 0) is 26.7 Å². The van der Waals surface area contributed by atoms with E-state index >= 15 is 0 Å². The summed E-state index contributed by atoms with van der Waals surface area (Å²) in [5, 5.41) is 0. The Morgan fingerprint density at radius 3 is 1.65 bits per heavy atom. The third kappa shape index (κ3) is 3.09. The predicted octanol–water partition coefficient (Wildman–Crippen LogP) is 2.00. The van der Waals surface area contributed by atoms with Crippen LogP contribution in [0, 0.1) is 0 Å². The van der Waals surface area contributed by atoms with E-state index in [0.29, 0.717) is 13.1 Å². The summed E-state index contributed by atoms with van der Waals surface area (Å²) in [4.78, 5) is 0. The van der Waals surface area contributed by atoms with Gasteiger partial charge in [0.2, 0.25) is 0 Å². The Balaban J connectivity index is 3.05. The molecule has 0 aromatic heterocycles. The van der Waals surface area contributed by atoms with E-state index in [4.69, 9.17) is 0 Å². The largest absolute Gasteiger partial charge is 0.283 e. The van der Waals surface area contributed by atoms with Gasteiger partial charge in [0.05, 0.1) is 0 Å². The van der Waals surface area contributed by atoms with Crippen LogP contribution in [0.3, 0.4) is 0 Å². The molecular weight excluding hydrogens is 236 g/mol. The standard InChI is InChI=1S/C12H24N2O2S/c1-5-11(3)13-9-7-8-10-14(12(4)6-2)17(13,15)16/h7-8,11-12H,5-6,9-10H2,1-4H3. The first-order valence-corrected chi connectivity index (χ1v) is 7.78. The molecule has 2 unspecified atom stereocenters. The molecule has 5 heteroatoms. The molecule has 0 saturated carbocycles. The molecule has 0 spiro atoms. The maximum absolute atomic E-state index is 12.5. The van der Waals surface area contributed by atoms with Crippen LogP contribution in [0.15, 0.2) is 12.2 Å². The summed E-state index contributed by atoms with van der Waals surface area (Å²) < 4.78 is 28.3. The monoisotopic (exact) mass is 260 g/mol. The van der Waals surface area contributed by atoms with Crippen molar-refractivity contribution in [2.75, 3.05) is 13.1 Å². The van der Waals surface area contributed by atoms with Gasteiger partial charge in [-0.15, -0.1) is 0 Å². The maximum atomic E-state index is 12.5. The van der Waals surface area contributed by atoms with Gasteiger partial charge in [-0.25, -0.2) is 0 Å². The van der Waals surface area contributed by atoms with Gasteiger partial charge in [0, 0.05) is 25.2 Å². The fraction of sp³-hybridized carbons (Fsp3) is 0.833. The molecule has 4 nitrogen and oxygen atoms in total. The summed E-state index contributed by atoms with van der Waals surface area (Å²) >= 11 is 0. The van der Waals surface area contributed by atoms with E-state index in [1.165, 1.54) is 0 Å². The van der Waals surface area contributed by atoms with Crippen molar-refractivity contribution in [2.45, 2.75) is 52.6 Å². The van der Waals surface area contributed by atoms with Crippen LogP contribution in [0.1, 0.15) is 40.5 Å². The molecule has 1 rings (SSSR count). The van der Waals surface area contributed by atoms with E-state index in [1.54, 1.807) is 8.61 Å². The topological polar surface area (TPSA) is 40.6 Å². The fourth-order valence-corrected chi connectivity index (χ4v) is 3.93. The first-order valence-electron chi connectivity index (χ1n) is 6.38. The van der Waals surface area contributed by atoms with Crippen molar-refractivity contribution in [3.05, 3.63) is 12.2 Å². The van der Waals surface area contributed by atoms with Gasteiger partial charge >= 0.3 is 0 Å². The smallest absolute Gasteiger partial charge is 0.195 e. The molecule has 1 aliphatic heterocycles. The minimum Gasteiger partial charge on any atom is -0.195 e. The molecule has 0 N–H and O–H groups in total. The zero-order chi connectivity index (χ0) is 13.1. The van der Waals surface area contributed by atoms with Crippen molar-refractivity contribution < 1.29 is 8.42 Å². The first kappa shape index (κ1) is 14.7. The molecule has 2 atom stereocenters. The zero-order valence-corrected chi connectivity index (χ0v) is 12.1. The Bertz CT molecular complexity index is 337. The van der Waals surface area contributed by atoms with Gasteiger partial charge in [-0.3, -0.25) is 0 Å². The van der Waals surface area contributed by atoms with Crippen LogP contribution >= 0.6 is 0 Å². The van der Waals surface area contributed by atoms with Gasteiger partial charge in [0.1, 0.15) is 0 Å². The van der Waals surface area contributed by atoms with Gasteiger partial charge in [-0.1, -0.05) is 26.0 Å². The molecule has 1 aliphatic rings. The molecule has 0 saturated heterocycles. The Morgan fingerprint density at radius 1 is 1.00 bits per heavy atom. The van der Waals surface area contributed by atoms with E-state index in [9.17, 15) is 8.42 Å². The van der Waals surface area contributed by atoms with Crippen molar-refractivity contribution >= 4 is 10.2 Å². The highest BCUT2D eigenvalue weighted by molar-refractivity contribution is 7.86. The van der Waals surface area contributed by atoms with Crippen molar-refractivity contribution in [1.29, 1.82) is 0 Å². The zero-order valence-electron chi connectivity index (χ0n) is 11.3. The molecule has 0 amide bonds. The molecular formula is C12H24N2O2S. The lowest BCUT2D eigenvalue weighted by atomic mass is 10.2. The average molecular weight is 260 g/mol.